The van der Waals surface area contributed by atoms with Crippen LogP contribution in [-0.2, 0) is 6.54 Å². The lowest BCUT2D eigenvalue weighted by Gasteiger charge is -2.05. The van der Waals surface area contributed by atoms with Crippen molar-refractivity contribution in [2.24, 2.45) is 0 Å². The first-order chi connectivity index (χ1) is 8.54. The summed E-state index contributed by atoms with van der Waals surface area (Å²) >= 11 is 0. The molecule has 0 saturated heterocycles. The van der Waals surface area contributed by atoms with Gasteiger partial charge >= 0.3 is 0 Å². The molecule has 2 rings (SSSR count). The van der Waals surface area contributed by atoms with Crippen molar-refractivity contribution in [3.63, 3.8) is 0 Å². The zero-order chi connectivity index (χ0) is 13.1. The van der Waals surface area contributed by atoms with Crippen LogP contribution in [0.2, 0.25) is 0 Å². The van der Waals surface area contributed by atoms with Gasteiger partial charge in [0, 0.05) is 35.7 Å². The van der Waals surface area contributed by atoms with Crippen LogP contribution in [0.5, 0.6) is 0 Å². The summed E-state index contributed by atoms with van der Waals surface area (Å²) in [5.41, 5.74) is 3.04. The van der Waals surface area contributed by atoms with Gasteiger partial charge in [-0.05, 0) is 19.9 Å². The van der Waals surface area contributed by atoms with Crippen molar-refractivity contribution in [3.8, 4) is 5.95 Å². The zero-order valence-electron chi connectivity index (χ0n) is 11.3. The minimum absolute atomic E-state index is 0.464. The number of aryl methyl sites for hydroxylation is 2. The van der Waals surface area contributed by atoms with Crippen molar-refractivity contribution in [1.29, 1.82) is 0 Å². The Bertz CT molecular complexity index is 510. The van der Waals surface area contributed by atoms with Gasteiger partial charge in [0.25, 0.3) is 5.95 Å². The van der Waals surface area contributed by atoms with Crippen LogP contribution in [0.1, 0.15) is 30.8 Å². The fourth-order valence-electron chi connectivity index (χ4n) is 1.69. The number of rotatable bonds is 4. The van der Waals surface area contributed by atoms with Crippen LogP contribution in [0.15, 0.2) is 18.5 Å². The lowest BCUT2D eigenvalue weighted by atomic mass is 10.3. The minimum atomic E-state index is 0.464. The molecular formula is C13H19N5. The number of aromatic nitrogens is 4. The molecule has 0 saturated carbocycles. The van der Waals surface area contributed by atoms with Crippen LogP contribution in [-0.4, -0.2) is 25.8 Å². The van der Waals surface area contributed by atoms with Gasteiger partial charge < -0.3 is 5.32 Å². The molecule has 5 nitrogen and oxygen atoms in total. The normalized spacial score (nSPS) is 11.2. The van der Waals surface area contributed by atoms with Gasteiger partial charge in [-0.15, -0.1) is 0 Å². The molecule has 96 valence electrons. The number of hydrogen-bond acceptors (Lipinski definition) is 4. The van der Waals surface area contributed by atoms with Crippen molar-refractivity contribution in [3.05, 3.63) is 35.4 Å². The largest absolute Gasteiger partial charge is 0.310 e. The van der Waals surface area contributed by atoms with Gasteiger partial charge in [-0.25, -0.2) is 14.6 Å². The predicted molar refractivity (Wildman–Crippen MR) is 70.6 cm³/mol. The number of nitrogens with one attached hydrogen (secondary N) is 1. The molecule has 0 aliphatic rings. The van der Waals surface area contributed by atoms with Crippen LogP contribution in [0.3, 0.4) is 0 Å². The molecular weight excluding hydrogens is 226 g/mol. The summed E-state index contributed by atoms with van der Waals surface area (Å²) in [4.78, 5) is 8.76. The maximum Gasteiger partial charge on any atom is 0.250 e. The first-order valence-electron chi connectivity index (χ1n) is 6.14. The van der Waals surface area contributed by atoms with Crippen molar-refractivity contribution in [2.45, 2.75) is 40.3 Å². The SMILES string of the molecule is Cc1cc(C)nc(-n2cc(CNC(C)C)cn2)n1. The van der Waals surface area contributed by atoms with E-state index in [9.17, 15) is 0 Å². The van der Waals surface area contributed by atoms with E-state index in [1.54, 1.807) is 4.68 Å². The molecule has 5 heteroatoms. The van der Waals surface area contributed by atoms with Crippen LogP contribution in [0.25, 0.3) is 5.95 Å². The van der Waals surface area contributed by atoms with Crippen molar-refractivity contribution in [2.75, 3.05) is 0 Å². The molecule has 0 aromatic carbocycles. The Morgan fingerprint density at radius 3 is 2.50 bits per heavy atom. The highest BCUT2D eigenvalue weighted by Gasteiger charge is 2.05. The third-order valence-corrected chi connectivity index (χ3v) is 2.53. The maximum atomic E-state index is 4.38. The quantitative estimate of drug-likeness (QED) is 0.892. The fourth-order valence-corrected chi connectivity index (χ4v) is 1.69. The molecule has 0 radical (unpaired) electrons. The lowest BCUT2D eigenvalue weighted by molar-refractivity contribution is 0.588. The average molecular weight is 245 g/mol. The maximum absolute atomic E-state index is 4.38. The van der Waals surface area contributed by atoms with Crippen LogP contribution in [0.4, 0.5) is 0 Å². The summed E-state index contributed by atoms with van der Waals surface area (Å²) in [7, 11) is 0. The molecule has 2 heterocycles. The molecule has 2 aromatic rings. The molecule has 0 atom stereocenters. The smallest absolute Gasteiger partial charge is 0.250 e. The Morgan fingerprint density at radius 1 is 1.22 bits per heavy atom. The van der Waals surface area contributed by atoms with E-state index in [0.29, 0.717) is 12.0 Å². The molecule has 0 spiro atoms. The summed E-state index contributed by atoms with van der Waals surface area (Å²) in [6.07, 6.45) is 3.81. The highest BCUT2D eigenvalue weighted by Crippen LogP contribution is 2.06. The highest BCUT2D eigenvalue weighted by atomic mass is 15.3. The highest BCUT2D eigenvalue weighted by molar-refractivity contribution is 5.19. The van der Waals surface area contributed by atoms with Crippen molar-refractivity contribution < 1.29 is 0 Å². The van der Waals surface area contributed by atoms with E-state index in [0.717, 1.165) is 23.5 Å². The second kappa shape index (κ2) is 5.27. The van der Waals surface area contributed by atoms with Gasteiger partial charge in [0.05, 0.1) is 6.20 Å². The molecule has 2 aromatic heterocycles. The Kier molecular flexibility index (Phi) is 3.72. The molecule has 0 amide bonds. The van der Waals surface area contributed by atoms with Crippen LogP contribution in [0, 0.1) is 13.8 Å². The van der Waals surface area contributed by atoms with Gasteiger partial charge in [-0.3, -0.25) is 0 Å². The van der Waals surface area contributed by atoms with E-state index in [-0.39, 0.29) is 0 Å². The molecule has 1 N–H and O–H groups in total. The summed E-state index contributed by atoms with van der Waals surface area (Å²) in [5, 5.41) is 7.65. The minimum Gasteiger partial charge on any atom is -0.310 e. The van der Waals surface area contributed by atoms with E-state index in [2.05, 4.69) is 34.2 Å². The van der Waals surface area contributed by atoms with E-state index < -0.39 is 0 Å². The lowest BCUT2D eigenvalue weighted by Crippen LogP contribution is -2.21. The van der Waals surface area contributed by atoms with E-state index in [4.69, 9.17) is 0 Å². The fraction of sp³-hybridized carbons (Fsp3) is 0.462. The Balaban J connectivity index is 2.18. The van der Waals surface area contributed by atoms with Gasteiger partial charge in [0.1, 0.15) is 0 Å². The molecule has 18 heavy (non-hydrogen) atoms. The molecule has 0 aliphatic heterocycles. The summed E-state index contributed by atoms with van der Waals surface area (Å²) in [6.45, 7) is 8.98. The Labute approximate surface area is 107 Å². The van der Waals surface area contributed by atoms with E-state index in [1.807, 2.05) is 32.3 Å². The molecule has 0 unspecified atom stereocenters. The molecule has 0 bridgehead atoms. The summed E-state index contributed by atoms with van der Waals surface area (Å²) < 4.78 is 1.72. The Hall–Kier alpha value is -1.75. The second-order valence-electron chi connectivity index (χ2n) is 4.78. The summed E-state index contributed by atoms with van der Waals surface area (Å²) in [5.74, 6) is 0.628. The summed E-state index contributed by atoms with van der Waals surface area (Å²) in [6, 6.07) is 2.42. The topological polar surface area (TPSA) is 55.6 Å². The molecule has 0 aliphatic carbocycles. The van der Waals surface area contributed by atoms with E-state index >= 15 is 0 Å². The van der Waals surface area contributed by atoms with Gasteiger partial charge in [-0.1, -0.05) is 13.8 Å². The third-order valence-electron chi connectivity index (χ3n) is 2.53. The van der Waals surface area contributed by atoms with E-state index in [1.165, 1.54) is 0 Å². The molecule has 0 fully saturated rings. The van der Waals surface area contributed by atoms with Crippen molar-refractivity contribution >= 4 is 0 Å². The van der Waals surface area contributed by atoms with Gasteiger partial charge in [0.2, 0.25) is 0 Å². The van der Waals surface area contributed by atoms with Crippen LogP contribution < -0.4 is 5.32 Å². The first kappa shape index (κ1) is 12.7. The third kappa shape index (κ3) is 3.13. The van der Waals surface area contributed by atoms with Crippen molar-refractivity contribution in [1.82, 2.24) is 25.1 Å². The Morgan fingerprint density at radius 2 is 1.89 bits per heavy atom. The second-order valence-corrected chi connectivity index (χ2v) is 4.78. The average Bonchev–Trinajstić information content (AvgIpc) is 2.73. The number of hydrogen-bond donors (Lipinski definition) is 1. The predicted octanol–water partition coefficient (Wildman–Crippen LogP) is 1.78. The monoisotopic (exact) mass is 245 g/mol. The standard InChI is InChI=1S/C13H19N5/c1-9(2)14-6-12-7-15-18(8-12)13-16-10(3)5-11(4)17-13/h5,7-9,14H,6H2,1-4H3. The van der Waals surface area contributed by atoms with Crippen LogP contribution >= 0.6 is 0 Å². The van der Waals surface area contributed by atoms with Gasteiger partial charge in [-0.2, -0.15) is 5.10 Å². The van der Waals surface area contributed by atoms with Gasteiger partial charge in [0.15, 0.2) is 0 Å². The number of nitrogens with zero attached hydrogens (tertiary/aromatic N) is 4. The first-order valence-corrected chi connectivity index (χ1v) is 6.14. The zero-order valence-corrected chi connectivity index (χ0v) is 11.3.